The van der Waals surface area contributed by atoms with E-state index in [9.17, 15) is 9.59 Å². The topological polar surface area (TPSA) is 69.9 Å². The van der Waals surface area contributed by atoms with Gasteiger partial charge in [-0.15, -0.1) is 11.8 Å². The van der Waals surface area contributed by atoms with Crippen LogP contribution in [0.2, 0.25) is 0 Å². The molecular weight excluding hydrogens is 589 g/mol. The predicted molar refractivity (Wildman–Crippen MR) is 176 cm³/mol. The van der Waals surface area contributed by atoms with E-state index in [1.807, 2.05) is 122 Å². The lowest BCUT2D eigenvalue weighted by molar-refractivity contribution is -0.138. The largest absolute Gasteiger partial charge is 0.488 e. The Balaban J connectivity index is 1.53. The molecule has 0 aliphatic carbocycles. The van der Waals surface area contributed by atoms with Gasteiger partial charge in [-0.2, -0.15) is 0 Å². The van der Waals surface area contributed by atoms with Crippen molar-refractivity contribution in [2.75, 3.05) is 12.9 Å². The van der Waals surface area contributed by atoms with Crippen LogP contribution < -0.4 is 19.6 Å². The summed E-state index contributed by atoms with van der Waals surface area (Å²) in [6.45, 7) is 2.38. The van der Waals surface area contributed by atoms with Crippen molar-refractivity contribution in [2.24, 2.45) is 4.99 Å². The van der Waals surface area contributed by atoms with Gasteiger partial charge in [0.25, 0.3) is 5.56 Å². The van der Waals surface area contributed by atoms with Gasteiger partial charge >= 0.3 is 5.97 Å². The van der Waals surface area contributed by atoms with Gasteiger partial charge in [0.2, 0.25) is 0 Å². The molecule has 44 heavy (non-hydrogen) atoms. The van der Waals surface area contributed by atoms with E-state index < -0.39 is 12.0 Å². The van der Waals surface area contributed by atoms with Crippen LogP contribution >= 0.6 is 23.1 Å². The molecule has 0 N–H and O–H groups in total. The van der Waals surface area contributed by atoms with Gasteiger partial charge in [-0.25, -0.2) is 9.79 Å². The summed E-state index contributed by atoms with van der Waals surface area (Å²) in [5.74, 6) is 0.173. The lowest BCUT2D eigenvalue weighted by Gasteiger charge is -2.26. The van der Waals surface area contributed by atoms with E-state index in [2.05, 4.69) is 0 Å². The Kier molecular flexibility index (Phi) is 8.91. The number of thioether (sulfide) groups is 1. The molecule has 1 atom stereocenters. The zero-order valence-corrected chi connectivity index (χ0v) is 25.9. The molecule has 5 aromatic rings. The Morgan fingerprint density at radius 2 is 1.61 bits per heavy atom. The number of ether oxygens (including phenoxy) is 2. The summed E-state index contributed by atoms with van der Waals surface area (Å²) in [6.07, 6.45) is 3.85. The molecule has 0 bridgehead atoms. The monoisotopic (exact) mass is 618 g/mol. The van der Waals surface area contributed by atoms with Crippen molar-refractivity contribution in [2.45, 2.75) is 24.5 Å². The van der Waals surface area contributed by atoms with Crippen LogP contribution in [0.25, 0.3) is 11.8 Å². The van der Waals surface area contributed by atoms with Gasteiger partial charge in [0.15, 0.2) is 4.80 Å². The summed E-state index contributed by atoms with van der Waals surface area (Å²) in [6, 6.07) is 34.4. The molecule has 0 radical (unpaired) electrons. The molecule has 0 fully saturated rings. The van der Waals surface area contributed by atoms with Crippen molar-refractivity contribution in [3.63, 3.8) is 0 Å². The molecule has 220 valence electrons. The van der Waals surface area contributed by atoms with Crippen LogP contribution in [0.5, 0.6) is 5.75 Å². The van der Waals surface area contributed by atoms with Crippen molar-refractivity contribution in [3.8, 4) is 5.75 Å². The number of hydrogen-bond donors (Lipinski definition) is 0. The van der Waals surface area contributed by atoms with Crippen molar-refractivity contribution in [3.05, 3.63) is 157 Å². The molecule has 8 heteroatoms. The Bertz CT molecular complexity index is 2000. The second-order valence-corrected chi connectivity index (χ2v) is 11.9. The van der Waals surface area contributed by atoms with Gasteiger partial charge in [0, 0.05) is 16.0 Å². The molecule has 0 spiro atoms. The van der Waals surface area contributed by atoms with Gasteiger partial charge < -0.3 is 9.47 Å². The van der Waals surface area contributed by atoms with Crippen LogP contribution in [0.15, 0.2) is 129 Å². The highest BCUT2D eigenvalue weighted by atomic mass is 32.2. The molecule has 0 saturated carbocycles. The first-order valence-corrected chi connectivity index (χ1v) is 16.3. The van der Waals surface area contributed by atoms with Crippen LogP contribution in [0.1, 0.15) is 35.2 Å². The molecule has 0 unspecified atom stereocenters. The Morgan fingerprint density at radius 3 is 2.32 bits per heavy atom. The zero-order chi connectivity index (χ0) is 30.5. The molecule has 2 heterocycles. The lowest BCUT2D eigenvalue weighted by atomic mass is 9.93. The van der Waals surface area contributed by atoms with Crippen molar-refractivity contribution in [1.82, 2.24) is 4.57 Å². The van der Waals surface area contributed by atoms with E-state index in [-0.39, 0.29) is 12.2 Å². The van der Waals surface area contributed by atoms with Crippen molar-refractivity contribution in [1.29, 1.82) is 0 Å². The molecule has 0 amide bonds. The van der Waals surface area contributed by atoms with E-state index >= 15 is 0 Å². The fourth-order valence-electron chi connectivity index (χ4n) is 5.15. The van der Waals surface area contributed by atoms with Gasteiger partial charge in [-0.05, 0) is 48.6 Å². The van der Waals surface area contributed by atoms with Gasteiger partial charge in [-0.3, -0.25) is 9.36 Å². The van der Waals surface area contributed by atoms with Crippen molar-refractivity contribution >= 4 is 40.8 Å². The fraction of sp³-hybridized carbons (Fsp3) is 0.139. The second kappa shape index (κ2) is 13.3. The molecule has 1 aromatic heterocycles. The highest BCUT2D eigenvalue weighted by Crippen LogP contribution is 2.35. The first-order valence-electron chi connectivity index (χ1n) is 14.3. The average Bonchev–Trinajstić information content (AvgIpc) is 3.38. The maximum atomic E-state index is 14.2. The number of aromatic nitrogens is 1. The first kappa shape index (κ1) is 29.4. The molecule has 4 aromatic carbocycles. The van der Waals surface area contributed by atoms with E-state index in [1.165, 1.54) is 11.3 Å². The normalized spacial score (nSPS) is 14.6. The van der Waals surface area contributed by atoms with E-state index in [0.29, 0.717) is 33.0 Å². The zero-order valence-electron chi connectivity index (χ0n) is 24.3. The number of carbonyl (C=O) groups is 1. The Labute approximate surface area is 263 Å². The van der Waals surface area contributed by atoms with Crippen LogP contribution in [-0.4, -0.2) is 23.4 Å². The predicted octanol–water partition coefficient (Wildman–Crippen LogP) is 6.24. The van der Waals surface area contributed by atoms with Crippen LogP contribution in [0.4, 0.5) is 0 Å². The van der Waals surface area contributed by atoms with Gasteiger partial charge in [0.1, 0.15) is 12.4 Å². The third-order valence-corrected chi connectivity index (χ3v) is 8.97. The summed E-state index contributed by atoms with van der Waals surface area (Å²) in [5.41, 5.74) is 4.01. The minimum absolute atomic E-state index is 0.201. The number of fused-ring (bicyclic) bond motifs is 1. The van der Waals surface area contributed by atoms with Crippen LogP contribution in [0.3, 0.4) is 0 Å². The molecule has 6 rings (SSSR count). The van der Waals surface area contributed by atoms with E-state index in [4.69, 9.17) is 14.5 Å². The number of carbonyl (C=O) groups excluding carboxylic acids is 1. The highest BCUT2D eigenvalue weighted by Gasteiger charge is 2.35. The smallest absolute Gasteiger partial charge is 0.338 e. The highest BCUT2D eigenvalue weighted by molar-refractivity contribution is 7.98. The maximum Gasteiger partial charge on any atom is 0.338 e. The summed E-state index contributed by atoms with van der Waals surface area (Å²) < 4.78 is 13.8. The molecule has 1 aliphatic rings. The minimum atomic E-state index is -0.719. The first-order chi connectivity index (χ1) is 21.6. The number of nitrogens with zero attached hydrogens (tertiary/aromatic N) is 2. The third-order valence-electron chi connectivity index (χ3n) is 7.25. The van der Waals surface area contributed by atoms with Crippen LogP contribution in [-0.2, 0) is 16.1 Å². The summed E-state index contributed by atoms with van der Waals surface area (Å²) in [5, 5.41) is 0. The number of benzene rings is 4. The Hall–Kier alpha value is -4.66. The number of rotatable bonds is 9. The molecule has 0 saturated heterocycles. The summed E-state index contributed by atoms with van der Waals surface area (Å²) in [7, 11) is 0. The number of esters is 1. The quantitative estimate of drug-likeness (QED) is 0.145. The molecular formula is C36H30N2O4S2. The molecule has 1 aliphatic heterocycles. The van der Waals surface area contributed by atoms with E-state index in [0.717, 1.165) is 27.1 Å². The number of hydrogen-bond acceptors (Lipinski definition) is 7. The average molecular weight is 619 g/mol. The van der Waals surface area contributed by atoms with Gasteiger partial charge in [0.05, 0.1) is 28.5 Å². The summed E-state index contributed by atoms with van der Waals surface area (Å²) in [4.78, 5) is 34.4. The maximum absolute atomic E-state index is 14.2. The SMILES string of the molecule is CCOC(=O)C1=C(c2ccccc2)N=c2s/c(=C/c3ccccc3OCc3ccccc3)c(=O)n2[C@H]1c1ccc(SC)cc1. The summed E-state index contributed by atoms with van der Waals surface area (Å²) >= 11 is 2.92. The van der Waals surface area contributed by atoms with Gasteiger partial charge in [-0.1, -0.05) is 102 Å². The lowest BCUT2D eigenvalue weighted by Crippen LogP contribution is -2.40. The second-order valence-electron chi connectivity index (χ2n) is 10.0. The third kappa shape index (κ3) is 6.04. The number of para-hydroxylation sites is 1. The molecule has 6 nitrogen and oxygen atoms in total. The fourth-order valence-corrected chi connectivity index (χ4v) is 6.55. The van der Waals surface area contributed by atoms with Crippen LogP contribution in [0, 0.1) is 0 Å². The Morgan fingerprint density at radius 1 is 0.932 bits per heavy atom. The standard InChI is InChI=1S/C36H30N2O4S2/c1-3-41-35(40)31-32(25-14-8-5-9-15-25)37-36-38(33(31)26-18-20-28(43-2)21-19-26)34(39)30(44-36)22-27-16-10-11-17-29(27)42-23-24-12-6-4-7-13-24/h4-22,33H,3,23H2,1-2H3/b30-22+/t33-/m0/s1. The number of thiazole rings is 1. The van der Waals surface area contributed by atoms with Crippen molar-refractivity contribution < 1.29 is 14.3 Å². The van der Waals surface area contributed by atoms with E-state index in [1.54, 1.807) is 23.3 Å². The minimum Gasteiger partial charge on any atom is -0.488 e.